The summed E-state index contributed by atoms with van der Waals surface area (Å²) in [5.41, 5.74) is -0.130. The summed E-state index contributed by atoms with van der Waals surface area (Å²) in [6, 6.07) is 7.78. The number of hydrogen-bond acceptors (Lipinski definition) is 5. The number of carbonyl (C=O) groups excluding carboxylic acids is 1. The number of benzene rings is 1. The van der Waals surface area contributed by atoms with Crippen LogP contribution in [0, 0.1) is 11.3 Å². The number of ether oxygens (including phenoxy) is 1. The molecule has 1 aromatic rings. The van der Waals surface area contributed by atoms with Gasteiger partial charge in [-0.2, -0.15) is 5.26 Å². The van der Waals surface area contributed by atoms with Gasteiger partial charge in [0.1, 0.15) is 6.23 Å². The third kappa shape index (κ3) is 4.68. The molecule has 6 nitrogen and oxygen atoms in total. The lowest BCUT2D eigenvalue weighted by Crippen LogP contribution is -2.47. The maximum atomic E-state index is 12.6. The highest BCUT2D eigenvalue weighted by Crippen LogP contribution is 2.26. The summed E-state index contributed by atoms with van der Waals surface area (Å²) in [7, 11) is -3.65. The fourth-order valence-electron chi connectivity index (χ4n) is 2.57. The number of carbonyl (C=O) groups is 1. The molecule has 1 fully saturated rings. The van der Waals surface area contributed by atoms with Crippen molar-refractivity contribution in [2.45, 2.75) is 49.6 Å². The largest absolute Gasteiger partial charge is 0.359 e. The molecule has 1 aliphatic heterocycles. The van der Waals surface area contributed by atoms with Gasteiger partial charge in [0, 0.05) is 18.1 Å². The summed E-state index contributed by atoms with van der Waals surface area (Å²) in [5.74, 6) is -0.167. The molecule has 0 bridgehead atoms. The predicted octanol–water partition coefficient (Wildman–Crippen LogP) is 2.42. The Morgan fingerprint density at radius 1 is 1.32 bits per heavy atom. The van der Waals surface area contributed by atoms with Gasteiger partial charge >= 0.3 is 0 Å². The molecule has 0 spiro atoms. The topological polar surface area (TPSA) is 96.3 Å². The highest BCUT2D eigenvalue weighted by molar-refractivity contribution is 7.94. The van der Waals surface area contributed by atoms with Gasteiger partial charge in [0.05, 0.1) is 16.4 Å². The molecular formula is C18H22N2O4S. The number of nitrogens with zero attached hydrogens (tertiary/aromatic N) is 1. The molecule has 0 aliphatic carbocycles. The van der Waals surface area contributed by atoms with Crippen molar-refractivity contribution in [3.8, 4) is 6.07 Å². The van der Waals surface area contributed by atoms with Crippen molar-refractivity contribution in [2.24, 2.45) is 0 Å². The number of amides is 1. The van der Waals surface area contributed by atoms with Gasteiger partial charge < -0.3 is 10.1 Å². The van der Waals surface area contributed by atoms with Crippen LogP contribution < -0.4 is 5.32 Å². The fourth-order valence-corrected chi connectivity index (χ4v) is 3.48. The van der Waals surface area contributed by atoms with Crippen LogP contribution in [0.2, 0.25) is 0 Å². The minimum absolute atomic E-state index is 0.0783. The molecule has 1 unspecified atom stereocenters. The molecule has 1 saturated heterocycles. The Labute approximate surface area is 148 Å². The van der Waals surface area contributed by atoms with Crippen molar-refractivity contribution in [1.82, 2.24) is 5.32 Å². The van der Waals surface area contributed by atoms with Gasteiger partial charge in [0.2, 0.25) is 15.7 Å². The summed E-state index contributed by atoms with van der Waals surface area (Å²) in [5, 5.41) is 12.2. The zero-order valence-corrected chi connectivity index (χ0v) is 15.2. The quantitative estimate of drug-likeness (QED) is 0.812. The van der Waals surface area contributed by atoms with Crippen LogP contribution in [0.25, 0.3) is 0 Å². The molecule has 1 aromatic carbocycles. The molecule has 134 valence electrons. The van der Waals surface area contributed by atoms with Crippen LogP contribution in [-0.2, 0) is 24.8 Å². The first-order valence-corrected chi connectivity index (χ1v) is 9.66. The van der Waals surface area contributed by atoms with E-state index in [1.807, 2.05) is 0 Å². The molecule has 2 rings (SSSR count). The predicted molar refractivity (Wildman–Crippen MR) is 93.1 cm³/mol. The number of hydrogen-bond donors (Lipinski definition) is 1. The summed E-state index contributed by atoms with van der Waals surface area (Å²) >= 11 is 0. The molecule has 0 saturated carbocycles. The number of allylic oxidation sites excluding steroid dienone is 1. The standard InChI is InChI=1S/C18H22N2O4S/c1-18(2,17(21)20-16-6-3-4-12-24-16)14-7-9-15(10-8-14)25(22,23)13-5-11-19/h5,7-10,13,16H,3-4,6,12H2,1-2H3,(H,20,21)/b13-5+. The molecular weight excluding hydrogens is 340 g/mol. The van der Waals surface area contributed by atoms with E-state index in [2.05, 4.69) is 5.32 Å². The summed E-state index contributed by atoms with van der Waals surface area (Å²) in [4.78, 5) is 12.7. The van der Waals surface area contributed by atoms with E-state index in [0.29, 0.717) is 12.2 Å². The van der Waals surface area contributed by atoms with Gasteiger partial charge in [0.15, 0.2) is 0 Å². The average Bonchev–Trinajstić information content (AvgIpc) is 2.61. The lowest BCUT2D eigenvalue weighted by Gasteiger charge is -2.29. The fraction of sp³-hybridized carbons (Fsp3) is 0.444. The van der Waals surface area contributed by atoms with Crippen LogP contribution >= 0.6 is 0 Å². The SMILES string of the molecule is CC(C)(C(=O)NC1CCCCO1)c1ccc(S(=O)(=O)/C=C/C#N)cc1. The van der Waals surface area contributed by atoms with E-state index >= 15 is 0 Å². The first kappa shape index (κ1) is 19.2. The first-order chi connectivity index (χ1) is 11.8. The van der Waals surface area contributed by atoms with Gasteiger partial charge in [-0.1, -0.05) is 12.1 Å². The zero-order chi connectivity index (χ0) is 18.5. The smallest absolute Gasteiger partial charge is 0.232 e. The van der Waals surface area contributed by atoms with Crippen LogP contribution in [0.3, 0.4) is 0 Å². The van der Waals surface area contributed by atoms with E-state index in [4.69, 9.17) is 10.00 Å². The van der Waals surface area contributed by atoms with Gasteiger partial charge in [0.25, 0.3) is 0 Å². The maximum absolute atomic E-state index is 12.6. The molecule has 25 heavy (non-hydrogen) atoms. The lowest BCUT2D eigenvalue weighted by atomic mass is 9.83. The molecule has 1 amide bonds. The Bertz CT molecular complexity index is 783. The molecule has 1 N–H and O–H groups in total. The van der Waals surface area contributed by atoms with E-state index < -0.39 is 15.3 Å². The highest BCUT2D eigenvalue weighted by Gasteiger charge is 2.32. The van der Waals surface area contributed by atoms with E-state index in [1.165, 1.54) is 12.1 Å². The normalized spacial score (nSPS) is 18.7. The third-order valence-corrected chi connectivity index (χ3v) is 5.69. The Morgan fingerprint density at radius 2 is 2.00 bits per heavy atom. The second kappa shape index (κ2) is 7.81. The maximum Gasteiger partial charge on any atom is 0.232 e. The minimum atomic E-state index is -3.65. The monoisotopic (exact) mass is 362 g/mol. The molecule has 1 aliphatic rings. The highest BCUT2D eigenvalue weighted by atomic mass is 32.2. The van der Waals surface area contributed by atoms with E-state index in [1.54, 1.807) is 32.0 Å². The van der Waals surface area contributed by atoms with E-state index in [9.17, 15) is 13.2 Å². The number of nitriles is 1. The van der Waals surface area contributed by atoms with Crippen LogP contribution in [0.15, 0.2) is 40.6 Å². The molecule has 0 aromatic heterocycles. The molecule has 1 heterocycles. The van der Waals surface area contributed by atoms with Crippen LogP contribution in [0.1, 0.15) is 38.7 Å². The Kier molecular flexibility index (Phi) is 5.98. The first-order valence-electron chi connectivity index (χ1n) is 8.12. The van der Waals surface area contributed by atoms with Crippen LogP contribution in [0.4, 0.5) is 0 Å². The van der Waals surface area contributed by atoms with E-state index in [-0.39, 0.29) is 17.0 Å². The Morgan fingerprint density at radius 3 is 2.56 bits per heavy atom. The molecule has 1 atom stereocenters. The van der Waals surface area contributed by atoms with Crippen molar-refractivity contribution in [2.75, 3.05) is 6.61 Å². The van der Waals surface area contributed by atoms with Crippen molar-refractivity contribution in [3.63, 3.8) is 0 Å². The summed E-state index contributed by atoms with van der Waals surface area (Å²) < 4.78 is 29.6. The summed E-state index contributed by atoms with van der Waals surface area (Å²) in [6.45, 7) is 4.21. The van der Waals surface area contributed by atoms with Crippen molar-refractivity contribution in [3.05, 3.63) is 41.3 Å². The van der Waals surface area contributed by atoms with Gasteiger partial charge in [-0.25, -0.2) is 8.42 Å². The van der Waals surface area contributed by atoms with Gasteiger partial charge in [-0.15, -0.1) is 0 Å². The number of sulfone groups is 1. The van der Waals surface area contributed by atoms with E-state index in [0.717, 1.165) is 30.7 Å². The Balaban J connectivity index is 2.15. The molecule has 7 heteroatoms. The second-order valence-corrected chi connectivity index (χ2v) is 8.29. The molecule has 0 radical (unpaired) electrons. The average molecular weight is 362 g/mol. The summed E-state index contributed by atoms with van der Waals surface area (Å²) in [6.07, 6.45) is 3.48. The van der Waals surface area contributed by atoms with Crippen molar-refractivity contribution >= 4 is 15.7 Å². The van der Waals surface area contributed by atoms with Gasteiger partial charge in [-0.3, -0.25) is 4.79 Å². The second-order valence-electron chi connectivity index (χ2n) is 6.45. The van der Waals surface area contributed by atoms with Crippen molar-refractivity contribution < 1.29 is 17.9 Å². The lowest BCUT2D eigenvalue weighted by molar-refractivity contribution is -0.131. The zero-order valence-electron chi connectivity index (χ0n) is 14.4. The van der Waals surface area contributed by atoms with Crippen molar-refractivity contribution in [1.29, 1.82) is 5.26 Å². The number of rotatable bonds is 5. The Hall–Kier alpha value is -2.17. The number of nitrogens with one attached hydrogen (secondary N) is 1. The van der Waals surface area contributed by atoms with Gasteiger partial charge in [-0.05, 0) is 50.8 Å². The third-order valence-electron chi connectivity index (χ3n) is 4.27. The van der Waals surface area contributed by atoms with Crippen LogP contribution in [-0.4, -0.2) is 27.2 Å². The van der Waals surface area contributed by atoms with Crippen LogP contribution in [0.5, 0.6) is 0 Å². The minimum Gasteiger partial charge on any atom is -0.359 e.